The van der Waals surface area contributed by atoms with Crippen LogP contribution in [-0.4, -0.2) is 6.54 Å². The Kier molecular flexibility index (Phi) is 2.93. The zero-order valence-corrected chi connectivity index (χ0v) is 8.05. The molecule has 1 N–H and O–H groups in total. The van der Waals surface area contributed by atoms with Crippen LogP contribution in [0.15, 0.2) is 23.0 Å². The van der Waals surface area contributed by atoms with Crippen molar-refractivity contribution < 1.29 is 4.42 Å². The van der Waals surface area contributed by atoms with Gasteiger partial charge in [-0.05, 0) is 11.5 Å². The molecule has 2 nitrogen and oxygen atoms in total. The zero-order chi connectivity index (χ0) is 9.03. The molecule has 0 saturated carbocycles. The lowest BCUT2D eigenvalue weighted by Gasteiger charge is -2.18. The van der Waals surface area contributed by atoms with Gasteiger partial charge in [-0.15, -0.1) is 0 Å². The molecule has 1 aromatic heterocycles. The second-order valence-electron chi connectivity index (χ2n) is 4.30. The fourth-order valence-electron chi connectivity index (χ4n) is 0.975. The summed E-state index contributed by atoms with van der Waals surface area (Å²) in [4.78, 5) is 0. The Morgan fingerprint density at radius 1 is 1.42 bits per heavy atom. The van der Waals surface area contributed by atoms with Gasteiger partial charge in [0.15, 0.2) is 0 Å². The summed E-state index contributed by atoms with van der Waals surface area (Å²) in [6.07, 6.45) is 3.48. The molecule has 68 valence electrons. The minimum absolute atomic E-state index is 0.351. The first-order valence-electron chi connectivity index (χ1n) is 4.30. The summed E-state index contributed by atoms with van der Waals surface area (Å²) in [5.41, 5.74) is 1.56. The van der Waals surface area contributed by atoms with Crippen LogP contribution >= 0.6 is 0 Å². The smallest absolute Gasteiger partial charge is 0.0947 e. The molecule has 1 heterocycles. The Morgan fingerprint density at radius 3 is 2.67 bits per heavy atom. The van der Waals surface area contributed by atoms with Gasteiger partial charge < -0.3 is 9.73 Å². The van der Waals surface area contributed by atoms with Gasteiger partial charge in [0.25, 0.3) is 0 Å². The highest BCUT2D eigenvalue weighted by Gasteiger charge is 2.08. The quantitative estimate of drug-likeness (QED) is 0.748. The van der Waals surface area contributed by atoms with Crippen LogP contribution in [0.25, 0.3) is 0 Å². The normalized spacial score (nSPS) is 11.9. The summed E-state index contributed by atoms with van der Waals surface area (Å²) >= 11 is 0. The fraction of sp³-hybridized carbons (Fsp3) is 0.600. The summed E-state index contributed by atoms with van der Waals surface area (Å²) < 4.78 is 4.96. The van der Waals surface area contributed by atoms with E-state index in [1.807, 2.05) is 6.07 Å². The summed E-state index contributed by atoms with van der Waals surface area (Å²) in [6, 6.07) is 1.98. The summed E-state index contributed by atoms with van der Waals surface area (Å²) in [7, 11) is 0. The number of hydrogen-bond acceptors (Lipinski definition) is 2. The van der Waals surface area contributed by atoms with Gasteiger partial charge in [-0.25, -0.2) is 0 Å². The lowest BCUT2D eigenvalue weighted by molar-refractivity contribution is 0.379. The predicted octanol–water partition coefficient (Wildman–Crippen LogP) is 2.42. The molecule has 0 saturated heterocycles. The first-order chi connectivity index (χ1) is 5.58. The van der Waals surface area contributed by atoms with Gasteiger partial charge in [-0.3, -0.25) is 0 Å². The fourth-order valence-corrected chi connectivity index (χ4v) is 0.975. The maximum Gasteiger partial charge on any atom is 0.0947 e. The molecule has 0 radical (unpaired) electrons. The highest BCUT2D eigenvalue weighted by Crippen LogP contribution is 2.10. The number of furan rings is 1. The van der Waals surface area contributed by atoms with Crippen LogP contribution < -0.4 is 5.32 Å². The lowest BCUT2D eigenvalue weighted by atomic mass is 9.97. The zero-order valence-electron chi connectivity index (χ0n) is 8.05. The molecule has 0 aliphatic heterocycles. The van der Waals surface area contributed by atoms with E-state index < -0.39 is 0 Å². The first-order valence-corrected chi connectivity index (χ1v) is 4.30. The van der Waals surface area contributed by atoms with Gasteiger partial charge in [0.05, 0.1) is 12.5 Å². The lowest BCUT2D eigenvalue weighted by Crippen LogP contribution is -2.26. The van der Waals surface area contributed by atoms with Crippen LogP contribution in [0.3, 0.4) is 0 Å². The molecule has 0 unspecified atom stereocenters. The third kappa shape index (κ3) is 3.58. The van der Waals surface area contributed by atoms with Crippen LogP contribution in [-0.2, 0) is 6.54 Å². The highest BCUT2D eigenvalue weighted by atomic mass is 16.3. The van der Waals surface area contributed by atoms with Crippen LogP contribution in [0.2, 0.25) is 0 Å². The van der Waals surface area contributed by atoms with Crippen LogP contribution in [0.5, 0.6) is 0 Å². The highest BCUT2D eigenvalue weighted by molar-refractivity contribution is 5.04. The Balaban J connectivity index is 2.20. The van der Waals surface area contributed by atoms with Crippen LogP contribution in [0.4, 0.5) is 0 Å². The topological polar surface area (TPSA) is 25.2 Å². The van der Waals surface area contributed by atoms with Crippen LogP contribution in [0, 0.1) is 5.41 Å². The molecule has 0 spiro atoms. The van der Waals surface area contributed by atoms with Gasteiger partial charge in [-0.1, -0.05) is 20.8 Å². The van der Waals surface area contributed by atoms with Crippen LogP contribution in [0.1, 0.15) is 26.3 Å². The summed E-state index contributed by atoms with van der Waals surface area (Å²) in [5.74, 6) is 0. The van der Waals surface area contributed by atoms with Gasteiger partial charge in [-0.2, -0.15) is 0 Å². The van der Waals surface area contributed by atoms with Crippen molar-refractivity contribution in [3.8, 4) is 0 Å². The summed E-state index contributed by atoms with van der Waals surface area (Å²) in [5, 5.41) is 3.37. The molecule has 0 aliphatic rings. The van der Waals surface area contributed by atoms with Crippen molar-refractivity contribution in [1.82, 2.24) is 5.32 Å². The first kappa shape index (κ1) is 9.33. The standard InChI is InChI=1S/C10H17NO/c1-10(2,3)8-11-6-9-4-5-12-7-9/h4-5,7,11H,6,8H2,1-3H3. The molecule has 0 atom stereocenters. The molecule has 0 aromatic carbocycles. The van der Waals surface area contributed by atoms with E-state index in [0.29, 0.717) is 5.41 Å². The van der Waals surface area contributed by atoms with E-state index in [9.17, 15) is 0 Å². The maximum absolute atomic E-state index is 4.96. The third-order valence-corrected chi connectivity index (χ3v) is 1.56. The molecule has 1 rings (SSSR count). The van der Waals surface area contributed by atoms with E-state index in [2.05, 4.69) is 26.1 Å². The number of nitrogens with one attached hydrogen (secondary N) is 1. The second kappa shape index (κ2) is 3.76. The number of hydrogen-bond donors (Lipinski definition) is 1. The van der Waals surface area contributed by atoms with E-state index in [4.69, 9.17) is 4.42 Å². The molecule has 0 fully saturated rings. The molecule has 1 aromatic rings. The van der Waals surface area contributed by atoms with Gasteiger partial charge >= 0.3 is 0 Å². The third-order valence-electron chi connectivity index (χ3n) is 1.56. The molecule has 2 heteroatoms. The predicted molar refractivity (Wildman–Crippen MR) is 49.9 cm³/mol. The van der Waals surface area contributed by atoms with Crippen molar-refractivity contribution in [3.63, 3.8) is 0 Å². The van der Waals surface area contributed by atoms with E-state index >= 15 is 0 Å². The van der Waals surface area contributed by atoms with E-state index in [1.165, 1.54) is 5.56 Å². The van der Waals surface area contributed by atoms with Gasteiger partial charge in [0.2, 0.25) is 0 Å². The molecule has 0 bridgehead atoms. The molecular weight excluding hydrogens is 150 g/mol. The Hall–Kier alpha value is -0.760. The van der Waals surface area contributed by atoms with Gasteiger partial charge in [0.1, 0.15) is 0 Å². The maximum atomic E-state index is 4.96. The minimum Gasteiger partial charge on any atom is -0.472 e. The summed E-state index contributed by atoms with van der Waals surface area (Å²) in [6.45, 7) is 8.58. The largest absolute Gasteiger partial charge is 0.472 e. The Labute approximate surface area is 74.0 Å². The second-order valence-corrected chi connectivity index (χ2v) is 4.30. The number of rotatable bonds is 3. The average molecular weight is 167 g/mol. The van der Waals surface area contributed by atoms with E-state index in [0.717, 1.165) is 13.1 Å². The van der Waals surface area contributed by atoms with Crippen molar-refractivity contribution in [1.29, 1.82) is 0 Å². The van der Waals surface area contributed by atoms with E-state index in [1.54, 1.807) is 12.5 Å². The van der Waals surface area contributed by atoms with Crippen molar-refractivity contribution in [3.05, 3.63) is 24.2 Å². The minimum atomic E-state index is 0.351. The monoisotopic (exact) mass is 167 g/mol. The Bertz CT molecular complexity index is 208. The SMILES string of the molecule is CC(C)(C)CNCc1ccoc1. The van der Waals surface area contributed by atoms with E-state index in [-0.39, 0.29) is 0 Å². The Morgan fingerprint density at radius 2 is 2.17 bits per heavy atom. The van der Waals surface area contributed by atoms with Crippen molar-refractivity contribution in [2.75, 3.05) is 6.54 Å². The van der Waals surface area contributed by atoms with Crippen molar-refractivity contribution in [2.45, 2.75) is 27.3 Å². The molecule has 12 heavy (non-hydrogen) atoms. The van der Waals surface area contributed by atoms with Gasteiger partial charge in [0, 0.05) is 18.7 Å². The van der Waals surface area contributed by atoms with Crippen molar-refractivity contribution in [2.24, 2.45) is 5.41 Å². The average Bonchev–Trinajstić information content (AvgIpc) is 2.36. The molecular formula is C10H17NO. The molecule has 0 amide bonds. The van der Waals surface area contributed by atoms with Crippen molar-refractivity contribution >= 4 is 0 Å². The molecule has 0 aliphatic carbocycles.